The maximum atomic E-state index is 13.1. The summed E-state index contributed by atoms with van der Waals surface area (Å²) in [5.74, 6) is 0.343. The maximum Gasteiger partial charge on any atom is 0.326 e. The molecule has 7 nitrogen and oxygen atoms in total. The summed E-state index contributed by atoms with van der Waals surface area (Å²) in [6.07, 6.45) is 3.78. The monoisotopic (exact) mass is 525 g/mol. The fourth-order valence-electron chi connectivity index (χ4n) is 3.87. The number of hydrogen-bond donors (Lipinski definition) is 3. The quantitative estimate of drug-likeness (QED) is 0.333. The van der Waals surface area contributed by atoms with Crippen LogP contribution in [0.3, 0.4) is 0 Å². The van der Waals surface area contributed by atoms with E-state index in [-0.39, 0.29) is 19.5 Å². The lowest BCUT2D eigenvalue weighted by molar-refractivity contribution is -0.138. The van der Waals surface area contributed by atoms with Crippen molar-refractivity contribution in [3.8, 4) is 0 Å². The molecule has 0 saturated heterocycles. The zero-order valence-corrected chi connectivity index (χ0v) is 20.0. The van der Waals surface area contributed by atoms with Gasteiger partial charge in [0.25, 0.3) is 6.43 Å². The predicted molar refractivity (Wildman–Crippen MR) is 128 cm³/mol. The van der Waals surface area contributed by atoms with Gasteiger partial charge in [-0.15, -0.1) is 0 Å². The molecule has 2 aromatic heterocycles. The molecule has 3 rings (SSSR count). The summed E-state index contributed by atoms with van der Waals surface area (Å²) >= 11 is 3.32. The van der Waals surface area contributed by atoms with Gasteiger partial charge in [-0.2, -0.15) is 0 Å². The molecule has 33 heavy (non-hydrogen) atoms. The van der Waals surface area contributed by atoms with Gasteiger partial charge >= 0.3 is 5.97 Å². The van der Waals surface area contributed by atoms with E-state index in [2.05, 4.69) is 42.6 Å². The average molecular weight is 526 g/mol. The molecule has 1 aliphatic rings. The molecule has 1 atom stereocenters. The first-order valence-electron chi connectivity index (χ1n) is 11.2. The largest absolute Gasteiger partial charge is 0.480 e. The molecule has 0 aromatic carbocycles. The Hall–Kier alpha value is -2.33. The van der Waals surface area contributed by atoms with Crippen molar-refractivity contribution in [1.82, 2.24) is 14.9 Å². The minimum absolute atomic E-state index is 0.189. The minimum Gasteiger partial charge on any atom is -0.480 e. The number of carboxylic acid groups (broad SMARTS) is 1. The van der Waals surface area contributed by atoms with E-state index in [0.717, 1.165) is 54.6 Å². The number of hydrogen-bond acceptors (Lipinski definition) is 6. The second-order valence-corrected chi connectivity index (χ2v) is 9.09. The van der Waals surface area contributed by atoms with Gasteiger partial charge in [-0.25, -0.2) is 23.5 Å². The normalized spacial score (nSPS) is 14.1. The van der Waals surface area contributed by atoms with Gasteiger partial charge in [-0.3, -0.25) is 4.90 Å². The number of aromatic nitrogens is 2. The van der Waals surface area contributed by atoms with Crippen molar-refractivity contribution in [1.29, 1.82) is 0 Å². The third-order valence-corrected chi connectivity index (χ3v) is 6.07. The number of unbranched alkanes of at least 4 members (excludes halogenated alkanes) is 1. The van der Waals surface area contributed by atoms with Crippen molar-refractivity contribution in [2.24, 2.45) is 0 Å². The summed E-state index contributed by atoms with van der Waals surface area (Å²) in [6.45, 7) is 1.30. The molecule has 3 heterocycles. The number of aliphatic carboxylic acids is 1. The Morgan fingerprint density at radius 2 is 2.12 bits per heavy atom. The fourth-order valence-corrected chi connectivity index (χ4v) is 4.21. The van der Waals surface area contributed by atoms with Crippen LogP contribution in [0.4, 0.5) is 20.4 Å². The molecule has 1 unspecified atom stereocenters. The van der Waals surface area contributed by atoms with Gasteiger partial charge in [0.1, 0.15) is 17.7 Å². The lowest BCUT2D eigenvalue weighted by atomic mass is 10.1. The van der Waals surface area contributed by atoms with E-state index in [4.69, 9.17) is 0 Å². The van der Waals surface area contributed by atoms with Gasteiger partial charge in [0, 0.05) is 29.5 Å². The van der Waals surface area contributed by atoms with Crippen LogP contribution in [-0.4, -0.2) is 64.6 Å². The number of rotatable bonds is 13. The number of aryl methyl sites for hydroxylation is 2. The van der Waals surface area contributed by atoms with Gasteiger partial charge in [-0.05, 0) is 68.8 Å². The van der Waals surface area contributed by atoms with E-state index in [0.29, 0.717) is 12.4 Å². The van der Waals surface area contributed by atoms with Gasteiger partial charge < -0.3 is 15.7 Å². The highest BCUT2D eigenvalue weighted by Gasteiger charge is 2.21. The van der Waals surface area contributed by atoms with Crippen molar-refractivity contribution in [3.05, 3.63) is 46.2 Å². The number of anilines is 2. The lowest BCUT2D eigenvalue weighted by Gasteiger charge is -2.24. The van der Waals surface area contributed by atoms with Crippen LogP contribution in [0, 0.1) is 0 Å². The molecule has 0 bridgehead atoms. The second-order valence-electron chi connectivity index (χ2n) is 8.17. The fraction of sp³-hybridized carbons (Fsp3) is 0.522. The molecule has 0 saturated carbocycles. The van der Waals surface area contributed by atoms with Crippen LogP contribution in [0.25, 0.3) is 0 Å². The van der Waals surface area contributed by atoms with Gasteiger partial charge in [0.2, 0.25) is 0 Å². The molecule has 1 aliphatic heterocycles. The minimum atomic E-state index is -2.47. The summed E-state index contributed by atoms with van der Waals surface area (Å²) in [7, 11) is 0. The molecular formula is C23H30BrF2N5O2. The Kier molecular flexibility index (Phi) is 9.80. The molecule has 180 valence electrons. The van der Waals surface area contributed by atoms with Gasteiger partial charge in [0.05, 0.1) is 6.54 Å². The second kappa shape index (κ2) is 12.8. The van der Waals surface area contributed by atoms with E-state index >= 15 is 0 Å². The van der Waals surface area contributed by atoms with Crippen molar-refractivity contribution in [2.75, 3.05) is 36.8 Å². The number of carbonyl (C=O) groups is 1. The van der Waals surface area contributed by atoms with Crippen LogP contribution in [0.2, 0.25) is 0 Å². The van der Waals surface area contributed by atoms with Crippen LogP contribution in [-0.2, 0) is 17.6 Å². The van der Waals surface area contributed by atoms with E-state index in [1.54, 1.807) is 23.2 Å². The van der Waals surface area contributed by atoms with Gasteiger partial charge in [-0.1, -0.05) is 22.0 Å². The number of nitrogens with zero attached hydrogens (tertiary/aromatic N) is 3. The first-order chi connectivity index (χ1) is 15.9. The average Bonchev–Trinajstić information content (AvgIpc) is 2.78. The van der Waals surface area contributed by atoms with Crippen LogP contribution in [0.1, 0.15) is 36.9 Å². The van der Waals surface area contributed by atoms with Crippen LogP contribution in [0.5, 0.6) is 0 Å². The molecule has 0 spiro atoms. The van der Waals surface area contributed by atoms with Crippen molar-refractivity contribution in [3.63, 3.8) is 0 Å². The van der Waals surface area contributed by atoms with Crippen molar-refractivity contribution in [2.45, 2.75) is 51.0 Å². The van der Waals surface area contributed by atoms with E-state index in [9.17, 15) is 18.7 Å². The standard InChI is InChI=1S/C23H30BrF2N5O2/c24-17-8-11-27-21(14-17)30-19(23(32)33)9-13-31(15-20(25)26)12-2-1-5-18-7-6-16-4-3-10-28-22(16)29-18/h6-8,11,14,19-20H,1-5,9-10,12-13,15H2,(H,27,30)(H,28,29)(H,32,33). The number of fused-ring (bicyclic) bond motifs is 1. The maximum absolute atomic E-state index is 13.1. The third kappa shape index (κ3) is 8.51. The zero-order chi connectivity index (χ0) is 23.6. The molecule has 10 heteroatoms. The van der Waals surface area contributed by atoms with E-state index in [1.807, 2.05) is 6.07 Å². The smallest absolute Gasteiger partial charge is 0.326 e. The molecule has 0 aliphatic carbocycles. The topological polar surface area (TPSA) is 90.4 Å². The highest BCUT2D eigenvalue weighted by atomic mass is 79.9. The first-order valence-corrected chi connectivity index (χ1v) is 12.0. The molecule has 0 fully saturated rings. The lowest BCUT2D eigenvalue weighted by Crippen LogP contribution is -2.37. The van der Waals surface area contributed by atoms with Gasteiger partial charge in [0.15, 0.2) is 0 Å². The van der Waals surface area contributed by atoms with Crippen LogP contribution >= 0.6 is 15.9 Å². The van der Waals surface area contributed by atoms with Crippen molar-refractivity contribution >= 4 is 33.5 Å². The van der Waals surface area contributed by atoms with Crippen LogP contribution in [0.15, 0.2) is 34.9 Å². The first kappa shape index (κ1) is 25.3. The molecule has 0 amide bonds. The number of pyridine rings is 2. The predicted octanol–water partition coefficient (Wildman–Crippen LogP) is 4.44. The van der Waals surface area contributed by atoms with E-state index in [1.165, 1.54) is 5.56 Å². The highest BCUT2D eigenvalue weighted by Crippen LogP contribution is 2.20. The zero-order valence-electron chi connectivity index (χ0n) is 18.4. The highest BCUT2D eigenvalue weighted by molar-refractivity contribution is 9.10. The van der Waals surface area contributed by atoms with Crippen LogP contribution < -0.4 is 10.6 Å². The SMILES string of the molecule is O=C(O)C(CCN(CCCCc1ccc2c(n1)NCCC2)CC(F)F)Nc1cc(Br)ccn1. The summed E-state index contributed by atoms with van der Waals surface area (Å²) < 4.78 is 26.9. The number of halogens is 3. The third-order valence-electron chi connectivity index (χ3n) is 5.58. The Morgan fingerprint density at radius 1 is 1.27 bits per heavy atom. The van der Waals surface area contributed by atoms with Crippen molar-refractivity contribution < 1.29 is 18.7 Å². The number of alkyl halides is 2. The van der Waals surface area contributed by atoms with E-state index < -0.39 is 18.4 Å². The summed E-state index contributed by atoms with van der Waals surface area (Å²) in [4.78, 5) is 22.1. The number of nitrogens with one attached hydrogen (secondary N) is 2. The summed E-state index contributed by atoms with van der Waals surface area (Å²) in [5.41, 5.74) is 2.24. The summed E-state index contributed by atoms with van der Waals surface area (Å²) in [5, 5.41) is 15.7. The number of carboxylic acids is 1. The Labute approximate surface area is 201 Å². The Bertz CT molecular complexity index is 918. The summed E-state index contributed by atoms with van der Waals surface area (Å²) in [6, 6.07) is 6.66. The Balaban J connectivity index is 1.47. The molecule has 2 aromatic rings. The Morgan fingerprint density at radius 3 is 2.88 bits per heavy atom. The molecule has 0 radical (unpaired) electrons. The molecule has 3 N–H and O–H groups in total. The molecular weight excluding hydrogens is 496 g/mol.